The summed E-state index contributed by atoms with van der Waals surface area (Å²) in [6, 6.07) is 11.3. The fraction of sp³-hybridized carbons (Fsp3) is 0.158. The summed E-state index contributed by atoms with van der Waals surface area (Å²) < 4.78 is 10.6. The molecule has 0 fully saturated rings. The number of hydrogen-bond donors (Lipinski definition) is 4. The number of ether oxygens (including phenoxy) is 2. The molecule has 2 heterocycles. The van der Waals surface area contributed by atoms with Gasteiger partial charge in [-0.3, -0.25) is 0 Å². The van der Waals surface area contributed by atoms with Gasteiger partial charge in [-0.2, -0.15) is 4.98 Å². The average molecular weight is 364 g/mol. The molecule has 2 aromatic carbocycles. The van der Waals surface area contributed by atoms with E-state index in [1.54, 1.807) is 25.4 Å². The Morgan fingerprint density at radius 2 is 1.96 bits per heavy atom. The van der Waals surface area contributed by atoms with Crippen molar-refractivity contribution in [2.24, 2.45) is 0 Å². The third kappa shape index (κ3) is 3.50. The number of hydrogen-bond acceptors (Lipinski definition) is 8. The molecule has 1 aliphatic heterocycles. The summed E-state index contributed by atoms with van der Waals surface area (Å²) in [7, 11) is 1.58. The fourth-order valence-corrected chi connectivity index (χ4v) is 2.77. The number of nitrogens with zero attached hydrogens (tertiary/aromatic N) is 2. The number of methoxy groups -OCH3 is 1. The molecule has 27 heavy (non-hydrogen) atoms. The number of rotatable bonds is 5. The van der Waals surface area contributed by atoms with Crippen LogP contribution >= 0.6 is 0 Å². The third-order valence-electron chi connectivity index (χ3n) is 4.19. The zero-order valence-corrected chi connectivity index (χ0v) is 15.0. The number of aromatic nitrogens is 2. The van der Waals surface area contributed by atoms with E-state index in [4.69, 9.17) is 15.2 Å². The van der Waals surface area contributed by atoms with Crippen molar-refractivity contribution in [2.75, 3.05) is 35.5 Å². The lowest BCUT2D eigenvalue weighted by atomic mass is 10.2. The maximum Gasteiger partial charge on any atom is 0.229 e. The van der Waals surface area contributed by atoms with Gasteiger partial charge in [0.05, 0.1) is 18.5 Å². The fourth-order valence-electron chi connectivity index (χ4n) is 2.77. The van der Waals surface area contributed by atoms with Crippen molar-refractivity contribution in [3.05, 3.63) is 48.2 Å². The predicted octanol–water partition coefficient (Wildman–Crippen LogP) is 3.62. The van der Waals surface area contributed by atoms with Gasteiger partial charge in [-0.05, 0) is 43.3 Å². The molecule has 4 rings (SSSR count). The maximum absolute atomic E-state index is 5.95. The van der Waals surface area contributed by atoms with E-state index in [0.29, 0.717) is 29.9 Å². The Bertz CT molecular complexity index is 992. The van der Waals surface area contributed by atoms with Crippen LogP contribution < -0.4 is 31.2 Å². The van der Waals surface area contributed by atoms with E-state index in [1.807, 2.05) is 31.2 Å². The van der Waals surface area contributed by atoms with Crippen LogP contribution in [0, 0.1) is 6.92 Å². The smallest absolute Gasteiger partial charge is 0.229 e. The van der Waals surface area contributed by atoms with Crippen molar-refractivity contribution in [1.82, 2.24) is 9.97 Å². The minimum Gasteiger partial charge on any atom is -0.495 e. The number of fused-ring (bicyclic) bond motifs is 1. The lowest BCUT2D eigenvalue weighted by Crippen LogP contribution is -2.03. The first-order chi connectivity index (χ1) is 13.1. The summed E-state index contributed by atoms with van der Waals surface area (Å²) in [5, 5.41) is 9.66. The summed E-state index contributed by atoms with van der Waals surface area (Å²) >= 11 is 0. The van der Waals surface area contributed by atoms with Crippen molar-refractivity contribution >= 4 is 34.5 Å². The Morgan fingerprint density at radius 1 is 1.15 bits per heavy atom. The lowest BCUT2D eigenvalue weighted by molar-refractivity contribution is 0.372. The summed E-state index contributed by atoms with van der Waals surface area (Å²) in [4.78, 5) is 8.91. The predicted molar refractivity (Wildman–Crippen MR) is 106 cm³/mol. The van der Waals surface area contributed by atoms with Crippen LogP contribution in [0.25, 0.3) is 0 Å². The van der Waals surface area contributed by atoms with E-state index in [0.717, 1.165) is 28.4 Å². The van der Waals surface area contributed by atoms with Crippen LogP contribution in [0.1, 0.15) is 5.56 Å². The van der Waals surface area contributed by atoms with Crippen molar-refractivity contribution in [3.8, 4) is 11.5 Å². The standard InChI is InChI=1S/C19H20N6O2/c1-11-9-21-19(24-12-3-5-16(26-2)14(20)7-12)25-18(11)23-13-4-6-17-15(8-13)22-10-27-17/h3-9,22H,10,20H2,1-2H3,(H2,21,23,24,25). The Hall–Kier alpha value is -3.68. The molecule has 1 aliphatic rings. The van der Waals surface area contributed by atoms with Gasteiger partial charge in [-0.15, -0.1) is 0 Å². The van der Waals surface area contributed by atoms with E-state index in [2.05, 4.69) is 25.9 Å². The molecule has 3 aromatic rings. The number of anilines is 6. The quantitative estimate of drug-likeness (QED) is 0.509. The molecule has 0 unspecified atom stereocenters. The Morgan fingerprint density at radius 3 is 2.78 bits per heavy atom. The van der Waals surface area contributed by atoms with Gasteiger partial charge in [0.25, 0.3) is 0 Å². The number of benzene rings is 2. The zero-order chi connectivity index (χ0) is 18.8. The van der Waals surface area contributed by atoms with Gasteiger partial charge in [0.2, 0.25) is 5.95 Å². The van der Waals surface area contributed by atoms with Crippen molar-refractivity contribution < 1.29 is 9.47 Å². The van der Waals surface area contributed by atoms with Crippen LogP contribution in [0.15, 0.2) is 42.6 Å². The summed E-state index contributed by atoms with van der Waals surface area (Å²) in [6.07, 6.45) is 1.76. The van der Waals surface area contributed by atoms with Gasteiger partial charge in [0.1, 0.15) is 17.3 Å². The Balaban J connectivity index is 1.55. The molecule has 0 amide bonds. The van der Waals surface area contributed by atoms with Crippen LogP contribution in [-0.2, 0) is 0 Å². The van der Waals surface area contributed by atoms with Crippen LogP contribution in [0.3, 0.4) is 0 Å². The van der Waals surface area contributed by atoms with Gasteiger partial charge in [0.15, 0.2) is 6.73 Å². The maximum atomic E-state index is 5.95. The summed E-state index contributed by atoms with van der Waals surface area (Å²) in [6.45, 7) is 2.44. The van der Waals surface area contributed by atoms with Crippen molar-refractivity contribution in [1.29, 1.82) is 0 Å². The van der Waals surface area contributed by atoms with Crippen LogP contribution in [0.4, 0.5) is 34.5 Å². The molecule has 8 nitrogen and oxygen atoms in total. The van der Waals surface area contributed by atoms with Gasteiger partial charge in [0, 0.05) is 23.1 Å². The molecule has 0 aliphatic carbocycles. The summed E-state index contributed by atoms with van der Waals surface area (Å²) in [5.74, 6) is 2.66. The SMILES string of the molecule is COc1ccc(Nc2ncc(C)c(Nc3ccc4c(c3)NCO4)n2)cc1N. The molecule has 0 saturated heterocycles. The molecule has 1 aromatic heterocycles. The first-order valence-corrected chi connectivity index (χ1v) is 8.44. The number of nitrogen functional groups attached to an aromatic ring is 1. The molecule has 0 saturated carbocycles. The molecule has 8 heteroatoms. The highest BCUT2D eigenvalue weighted by atomic mass is 16.5. The molecule has 0 bridgehead atoms. The topological polar surface area (TPSA) is 106 Å². The highest BCUT2D eigenvalue weighted by Gasteiger charge is 2.12. The van der Waals surface area contributed by atoms with Crippen LogP contribution in [0.2, 0.25) is 0 Å². The first-order valence-electron chi connectivity index (χ1n) is 8.44. The number of nitrogens with one attached hydrogen (secondary N) is 3. The lowest BCUT2D eigenvalue weighted by Gasteiger charge is -2.12. The van der Waals surface area contributed by atoms with Gasteiger partial charge >= 0.3 is 0 Å². The molecule has 0 spiro atoms. The van der Waals surface area contributed by atoms with E-state index in [1.165, 1.54) is 0 Å². The molecular weight excluding hydrogens is 344 g/mol. The van der Waals surface area contributed by atoms with Crippen molar-refractivity contribution in [3.63, 3.8) is 0 Å². The second-order valence-electron chi connectivity index (χ2n) is 6.11. The third-order valence-corrected chi connectivity index (χ3v) is 4.19. The largest absolute Gasteiger partial charge is 0.495 e. The van der Waals surface area contributed by atoms with Crippen LogP contribution in [0.5, 0.6) is 11.5 Å². The minimum absolute atomic E-state index is 0.468. The molecule has 0 atom stereocenters. The van der Waals surface area contributed by atoms with E-state index >= 15 is 0 Å². The summed E-state index contributed by atoms with van der Waals surface area (Å²) in [5.41, 5.74) is 10.1. The first kappa shape index (κ1) is 16.8. The Kier molecular flexibility index (Phi) is 4.29. The molecule has 138 valence electrons. The van der Waals surface area contributed by atoms with Crippen LogP contribution in [-0.4, -0.2) is 23.8 Å². The highest BCUT2D eigenvalue weighted by Crippen LogP contribution is 2.33. The molecule has 5 N–H and O–H groups in total. The Labute approximate surface area is 156 Å². The van der Waals surface area contributed by atoms with Gasteiger partial charge < -0.3 is 31.2 Å². The zero-order valence-electron chi connectivity index (χ0n) is 15.0. The van der Waals surface area contributed by atoms with Gasteiger partial charge in [-0.1, -0.05) is 0 Å². The van der Waals surface area contributed by atoms with Gasteiger partial charge in [-0.25, -0.2) is 4.98 Å². The number of aryl methyl sites for hydroxylation is 1. The average Bonchev–Trinajstić information content (AvgIpc) is 3.12. The van der Waals surface area contributed by atoms with Crippen molar-refractivity contribution in [2.45, 2.75) is 6.92 Å². The second-order valence-corrected chi connectivity index (χ2v) is 6.11. The van der Waals surface area contributed by atoms with E-state index in [-0.39, 0.29) is 0 Å². The normalized spacial score (nSPS) is 11.9. The minimum atomic E-state index is 0.468. The molecule has 0 radical (unpaired) electrons. The molecular formula is C19H20N6O2. The monoisotopic (exact) mass is 364 g/mol. The second kappa shape index (κ2) is 6.91. The highest BCUT2D eigenvalue weighted by molar-refractivity contribution is 5.71. The van der Waals surface area contributed by atoms with E-state index in [9.17, 15) is 0 Å². The number of nitrogens with two attached hydrogens (primary N) is 1. The van der Waals surface area contributed by atoms with E-state index < -0.39 is 0 Å².